The van der Waals surface area contributed by atoms with E-state index in [1.54, 1.807) is 0 Å². The van der Waals surface area contributed by atoms with Crippen molar-refractivity contribution in [2.75, 3.05) is 45.1 Å². The molecule has 0 radical (unpaired) electrons. The summed E-state index contributed by atoms with van der Waals surface area (Å²) in [5, 5.41) is 4.19. The van der Waals surface area contributed by atoms with Gasteiger partial charge in [0.05, 0.1) is 13.2 Å². The van der Waals surface area contributed by atoms with Crippen LogP contribution in [0.4, 0.5) is 0 Å². The number of nitrogens with one attached hydrogen (secondary N) is 1. The SMILES string of the molecule is CCNC(=NCCC1=CCOCC1)N1CCSC(C(C)C)C1.I. The molecule has 0 amide bonds. The lowest BCUT2D eigenvalue weighted by atomic mass is 10.1. The summed E-state index contributed by atoms with van der Waals surface area (Å²) < 4.78 is 5.36. The van der Waals surface area contributed by atoms with Crippen LogP contribution in [0.15, 0.2) is 16.6 Å². The molecule has 4 nitrogen and oxygen atoms in total. The Hall–Kier alpha value is 0.0500. The van der Waals surface area contributed by atoms with Crippen molar-refractivity contribution in [3.8, 4) is 0 Å². The lowest BCUT2D eigenvalue weighted by molar-refractivity contribution is 0.153. The Morgan fingerprint density at radius 3 is 3.00 bits per heavy atom. The van der Waals surface area contributed by atoms with Gasteiger partial charge in [-0.1, -0.05) is 25.5 Å². The molecule has 23 heavy (non-hydrogen) atoms. The monoisotopic (exact) mass is 453 g/mol. The number of rotatable bonds is 5. The lowest BCUT2D eigenvalue weighted by Gasteiger charge is -2.36. The van der Waals surface area contributed by atoms with Gasteiger partial charge >= 0.3 is 0 Å². The maximum atomic E-state index is 5.36. The van der Waals surface area contributed by atoms with Crippen LogP contribution in [0, 0.1) is 5.92 Å². The molecule has 0 spiro atoms. The topological polar surface area (TPSA) is 36.9 Å². The van der Waals surface area contributed by atoms with Crippen molar-refractivity contribution < 1.29 is 4.74 Å². The van der Waals surface area contributed by atoms with Crippen molar-refractivity contribution in [2.24, 2.45) is 10.9 Å². The van der Waals surface area contributed by atoms with E-state index in [4.69, 9.17) is 9.73 Å². The van der Waals surface area contributed by atoms with E-state index in [2.05, 4.69) is 48.8 Å². The molecule has 1 fully saturated rings. The van der Waals surface area contributed by atoms with Gasteiger partial charge in [0.15, 0.2) is 5.96 Å². The van der Waals surface area contributed by atoms with Crippen molar-refractivity contribution in [3.63, 3.8) is 0 Å². The zero-order chi connectivity index (χ0) is 15.8. The molecule has 0 aromatic heterocycles. The van der Waals surface area contributed by atoms with Crippen LogP contribution in [0.2, 0.25) is 0 Å². The number of ether oxygens (including phenoxy) is 1. The van der Waals surface area contributed by atoms with Crippen LogP contribution in [0.25, 0.3) is 0 Å². The second-order valence-corrected chi connectivity index (χ2v) is 7.62. The fraction of sp³-hybridized carbons (Fsp3) is 0.824. The Labute approximate surface area is 162 Å². The minimum Gasteiger partial charge on any atom is -0.377 e. The van der Waals surface area contributed by atoms with Crippen LogP contribution in [0.5, 0.6) is 0 Å². The van der Waals surface area contributed by atoms with E-state index in [0.717, 1.165) is 69.4 Å². The molecule has 2 heterocycles. The average Bonchev–Trinajstić information content (AvgIpc) is 2.55. The number of guanidine groups is 1. The summed E-state index contributed by atoms with van der Waals surface area (Å²) in [6.07, 6.45) is 4.36. The van der Waals surface area contributed by atoms with Gasteiger partial charge in [-0.25, -0.2) is 0 Å². The Morgan fingerprint density at radius 2 is 2.35 bits per heavy atom. The quantitative estimate of drug-likeness (QED) is 0.300. The minimum absolute atomic E-state index is 0. The van der Waals surface area contributed by atoms with E-state index in [1.165, 1.54) is 11.3 Å². The van der Waals surface area contributed by atoms with Crippen molar-refractivity contribution in [1.29, 1.82) is 0 Å². The Morgan fingerprint density at radius 1 is 1.52 bits per heavy atom. The van der Waals surface area contributed by atoms with Crippen molar-refractivity contribution in [2.45, 2.75) is 38.9 Å². The molecule has 0 saturated carbocycles. The largest absolute Gasteiger partial charge is 0.377 e. The molecule has 1 unspecified atom stereocenters. The molecule has 0 aromatic carbocycles. The molecule has 1 N–H and O–H groups in total. The first-order valence-corrected chi connectivity index (χ1v) is 9.66. The Bertz CT molecular complexity index is 401. The molecule has 0 aromatic rings. The van der Waals surface area contributed by atoms with Crippen molar-refractivity contribution in [1.82, 2.24) is 10.2 Å². The lowest BCUT2D eigenvalue weighted by Crippen LogP contribution is -2.49. The van der Waals surface area contributed by atoms with Crippen LogP contribution in [0.1, 0.15) is 33.6 Å². The van der Waals surface area contributed by atoms with Crippen LogP contribution < -0.4 is 5.32 Å². The van der Waals surface area contributed by atoms with Gasteiger partial charge in [-0.3, -0.25) is 4.99 Å². The van der Waals surface area contributed by atoms with E-state index in [9.17, 15) is 0 Å². The molecular formula is C17H32IN3OS. The van der Waals surface area contributed by atoms with Crippen LogP contribution in [0.3, 0.4) is 0 Å². The molecular weight excluding hydrogens is 421 g/mol. The highest BCUT2D eigenvalue weighted by molar-refractivity contribution is 14.0. The normalized spacial score (nSPS) is 22.6. The molecule has 1 atom stereocenters. The third-order valence-corrected chi connectivity index (χ3v) is 5.76. The number of hydrogen-bond acceptors (Lipinski definition) is 3. The second kappa shape index (κ2) is 11.6. The first kappa shape index (κ1) is 21.1. The summed E-state index contributed by atoms with van der Waals surface area (Å²) >= 11 is 2.11. The van der Waals surface area contributed by atoms with Gasteiger partial charge in [0.1, 0.15) is 0 Å². The van der Waals surface area contributed by atoms with E-state index >= 15 is 0 Å². The molecule has 2 aliphatic heterocycles. The standard InChI is InChI=1S/C17H31N3OS.HI/c1-4-18-17(19-8-5-15-6-10-21-11-7-15)20-9-12-22-16(13-20)14(2)3;/h6,14,16H,4-5,7-13H2,1-3H3,(H,18,19);1H. The minimum atomic E-state index is 0. The number of aliphatic imine (C=N–C) groups is 1. The maximum Gasteiger partial charge on any atom is 0.193 e. The average molecular weight is 453 g/mol. The fourth-order valence-electron chi connectivity index (χ4n) is 2.79. The van der Waals surface area contributed by atoms with E-state index < -0.39 is 0 Å². The van der Waals surface area contributed by atoms with E-state index in [1.807, 2.05) is 0 Å². The first-order valence-electron chi connectivity index (χ1n) is 8.61. The third-order valence-electron chi connectivity index (χ3n) is 4.22. The van der Waals surface area contributed by atoms with Crippen LogP contribution in [-0.2, 0) is 4.74 Å². The summed E-state index contributed by atoms with van der Waals surface area (Å²) in [5.74, 6) is 3.03. The van der Waals surface area contributed by atoms with E-state index in [-0.39, 0.29) is 24.0 Å². The van der Waals surface area contributed by atoms with Gasteiger partial charge < -0.3 is 15.0 Å². The molecule has 0 aliphatic carbocycles. The zero-order valence-corrected chi connectivity index (χ0v) is 17.9. The molecule has 2 aliphatic rings. The van der Waals surface area contributed by atoms with Gasteiger partial charge in [0, 0.05) is 37.2 Å². The second-order valence-electron chi connectivity index (χ2n) is 6.27. The summed E-state index contributed by atoms with van der Waals surface area (Å²) in [6, 6.07) is 0. The number of thioether (sulfide) groups is 1. The predicted molar refractivity (Wildman–Crippen MR) is 112 cm³/mol. The van der Waals surface area contributed by atoms with Crippen molar-refractivity contribution in [3.05, 3.63) is 11.6 Å². The predicted octanol–water partition coefficient (Wildman–Crippen LogP) is 3.38. The zero-order valence-electron chi connectivity index (χ0n) is 14.7. The highest BCUT2D eigenvalue weighted by Crippen LogP contribution is 2.24. The fourth-order valence-corrected chi connectivity index (χ4v) is 4.09. The third kappa shape index (κ3) is 7.22. The molecule has 134 valence electrons. The molecule has 0 bridgehead atoms. The summed E-state index contributed by atoms with van der Waals surface area (Å²) in [7, 11) is 0. The van der Waals surface area contributed by atoms with Gasteiger partial charge in [0.25, 0.3) is 0 Å². The number of hydrogen-bond donors (Lipinski definition) is 1. The van der Waals surface area contributed by atoms with E-state index in [0.29, 0.717) is 0 Å². The van der Waals surface area contributed by atoms with Gasteiger partial charge in [0.2, 0.25) is 0 Å². The van der Waals surface area contributed by atoms with Gasteiger partial charge in [-0.2, -0.15) is 11.8 Å². The highest BCUT2D eigenvalue weighted by atomic mass is 127. The number of nitrogens with zero attached hydrogens (tertiary/aromatic N) is 2. The molecule has 6 heteroatoms. The van der Waals surface area contributed by atoms with Crippen LogP contribution in [-0.4, -0.2) is 61.3 Å². The Kier molecular flexibility index (Phi) is 10.6. The number of halogens is 1. The Balaban J connectivity index is 0.00000264. The molecule has 1 saturated heterocycles. The summed E-state index contributed by atoms with van der Waals surface area (Å²) in [6.45, 7) is 12.5. The van der Waals surface area contributed by atoms with Crippen molar-refractivity contribution >= 4 is 41.7 Å². The van der Waals surface area contributed by atoms with Gasteiger partial charge in [-0.05, 0) is 25.7 Å². The van der Waals surface area contributed by atoms with Crippen LogP contribution >= 0.6 is 35.7 Å². The first-order chi connectivity index (χ1) is 10.7. The summed E-state index contributed by atoms with van der Waals surface area (Å²) in [5.41, 5.74) is 1.50. The molecule has 2 rings (SSSR count). The smallest absolute Gasteiger partial charge is 0.193 e. The highest BCUT2D eigenvalue weighted by Gasteiger charge is 2.24. The summed E-state index contributed by atoms with van der Waals surface area (Å²) in [4.78, 5) is 7.31. The van der Waals surface area contributed by atoms with Gasteiger partial charge in [-0.15, -0.1) is 24.0 Å². The maximum absolute atomic E-state index is 5.36.